The third-order valence-corrected chi connectivity index (χ3v) is 5.52. The standard InChI is InChI=1S/C17H23N3OS/c1-2-16(17-18-22-13-10-20(17)7-1)14-3-5-15(6-4-14)19-8-11-21-12-9-19/h3-6,16H,1-2,7-13H2. The highest BCUT2D eigenvalue weighted by Gasteiger charge is 2.29. The predicted octanol–water partition coefficient (Wildman–Crippen LogP) is 2.76. The van der Waals surface area contributed by atoms with Gasteiger partial charge in [-0.05, 0) is 42.5 Å². The monoisotopic (exact) mass is 317 g/mol. The predicted molar refractivity (Wildman–Crippen MR) is 92.9 cm³/mol. The number of hydrogen-bond acceptors (Lipinski definition) is 5. The van der Waals surface area contributed by atoms with E-state index >= 15 is 0 Å². The smallest absolute Gasteiger partial charge is 0.120 e. The van der Waals surface area contributed by atoms with Crippen molar-refractivity contribution in [1.82, 2.24) is 4.90 Å². The topological polar surface area (TPSA) is 28.1 Å². The molecule has 1 atom stereocenters. The number of hydrogen-bond donors (Lipinski definition) is 0. The summed E-state index contributed by atoms with van der Waals surface area (Å²) in [6.07, 6.45) is 2.51. The van der Waals surface area contributed by atoms with Crippen molar-refractivity contribution in [3.05, 3.63) is 29.8 Å². The van der Waals surface area contributed by atoms with Crippen LogP contribution in [0.2, 0.25) is 0 Å². The molecule has 22 heavy (non-hydrogen) atoms. The van der Waals surface area contributed by atoms with Crippen molar-refractivity contribution >= 4 is 23.5 Å². The van der Waals surface area contributed by atoms with Gasteiger partial charge in [0, 0.05) is 43.5 Å². The van der Waals surface area contributed by atoms with Crippen molar-refractivity contribution in [2.75, 3.05) is 50.0 Å². The Bertz CT molecular complexity index is 539. The fourth-order valence-electron chi connectivity index (χ4n) is 3.62. The Labute approximate surface area is 136 Å². The molecule has 118 valence electrons. The molecule has 0 spiro atoms. The van der Waals surface area contributed by atoms with E-state index in [1.54, 1.807) is 11.9 Å². The molecule has 2 fully saturated rings. The van der Waals surface area contributed by atoms with Gasteiger partial charge in [-0.25, -0.2) is 4.40 Å². The summed E-state index contributed by atoms with van der Waals surface area (Å²) in [6.45, 7) is 6.02. The van der Waals surface area contributed by atoms with Gasteiger partial charge in [-0.1, -0.05) is 12.1 Å². The average Bonchev–Trinajstić information content (AvgIpc) is 2.62. The third-order valence-electron chi connectivity index (χ3n) is 4.84. The summed E-state index contributed by atoms with van der Waals surface area (Å²) >= 11 is 1.73. The summed E-state index contributed by atoms with van der Waals surface area (Å²) in [5.74, 6) is 2.92. The van der Waals surface area contributed by atoms with E-state index in [9.17, 15) is 0 Å². The Kier molecular flexibility index (Phi) is 4.26. The van der Waals surface area contributed by atoms with E-state index in [0.29, 0.717) is 5.92 Å². The number of nitrogens with zero attached hydrogens (tertiary/aromatic N) is 3. The van der Waals surface area contributed by atoms with Crippen LogP contribution in [0, 0.1) is 0 Å². The van der Waals surface area contributed by atoms with Crippen LogP contribution in [-0.4, -0.2) is 55.9 Å². The van der Waals surface area contributed by atoms with Crippen LogP contribution in [0.3, 0.4) is 0 Å². The van der Waals surface area contributed by atoms with E-state index in [2.05, 4.69) is 34.1 Å². The van der Waals surface area contributed by atoms with Crippen molar-refractivity contribution in [2.24, 2.45) is 4.40 Å². The summed E-state index contributed by atoms with van der Waals surface area (Å²) in [6, 6.07) is 9.16. The van der Waals surface area contributed by atoms with E-state index in [1.165, 1.54) is 36.5 Å². The lowest BCUT2D eigenvalue weighted by Gasteiger charge is -2.38. The second kappa shape index (κ2) is 6.50. The van der Waals surface area contributed by atoms with Crippen molar-refractivity contribution in [3.63, 3.8) is 0 Å². The molecular formula is C17H23N3OS. The van der Waals surface area contributed by atoms with Gasteiger partial charge < -0.3 is 14.5 Å². The molecule has 3 heterocycles. The van der Waals surface area contributed by atoms with Crippen LogP contribution in [0.4, 0.5) is 5.69 Å². The zero-order valence-electron chi connectivity index (χ0n) is 12.9. The molecule has 3 aliphatic heterocycles. The zero-order valence-corrected chi connectivity index (χ0v) is 13.7. The Balaban J connectivity index is 1.53. The molecule has 2 saturated heterocycles. The molecule has 4 rings (SSSR count). The molecule has 1 unspecified atom stereocenters. The molecule has 5 heteroatoms. The number of ether oxygens (including phenoxy) is 1. The number of benzene rings is 1. The first-order chi connectivity index (χ1) is 10.9. The van der Waals surface area contributed by atoms with Crippen molar-refractivity contribution in [3.8, 4) is 0 Å². The lowest BCUT2D eigenvalue weighted by atomic mass is 9.89. The Morgan fingerprint density at radius 3 is 2.64 bits per heavy atom. The molecule has 0 radical (unpaired) electrons. The molecule has 0 amide bonds. The number of anilines is 1. The Morgan fingerprint density at radius 2 is 1.82 bits per heavy atom. The number of fused-ring (bicyclic) bond motifs is 1. The molecule has 0 aliphatic carbocycles. The lowest BCUT2D eigenvalue weighted by Crippen LogP contribution is -2.43. The van der Waals surface area contributed by atoms with E-state index in [0.717, 1.165) is 38.6 Å². The fraction of sp³-hybridized carbons (Fsp3) is 0.588. The summed E-state index contributed by atoms with van der Waals surface area (Å²) < 4.78 is 10.2. The van der Waals surface area contributed by atoms with Crippen molar-refractivity contribution in [1.29, 1.82) is 0 Å². The molecule has 0 aromatic heterocycles. The normalized spacial score (nSPS) is 25.6. The summed E-state index contributed by atoms with van der Waals surface area (Å²) in [5.41, 5.74) is 2.74. The lowest BCUT2D eigenvalue weighted by molar-refractivity contribution is 0.122. The number of amidine groups is 1. The van der Waals surface area contributed by atoms with Gasteiger partial charge in [0.15, 0.2) is 0 Å². The second-order valence-corrected chi connectivity index (χ2v) is 7.00. The first kappa shape index (κ1) is 14.4. The minimum atomic E-state index is 0.486. The highest BCUT2D eigenvalue weighted by molar-refractivity contribution is 7.98. The van der Waals surface area contributed by atoms with Gasteiger partial charge in [-0.15, -0.1) is 0 Å². The molecule has 3 aliphatic rings. The van der Waals surface area contributed by atoms with Crippen molar-refractivity contribution < 1.29 is 4.74 Å². The molecule has 1 aromatic rings. The zero-order chi connectivity index (χ0) is 14.8. The minimum absolute atomic E-state index is 0.486. The molecule has 0 saturated carbocycles. The quantitative estimate of drug-likeness (QED) is 0.784. The highest BCUT2D eigenvalue weighted by atomic mass is 32.2. The fourth-order valence-corrected chi connectivity index (χ4v) is 4.38. The average molecular weight is 317 g/mol. The highest BCUT2D eigenvalue weighted by Crippen LogP contribution is 2.33. The van der Waals surface area contributed by atoms with E-state index < -0.39 is 0 Å². The first-order valence-corrected chi connectivity index (χ1v) is 9.23. The SMILES string of the molecule is c1cc(N2CCOCC2)ccc1C1CCCN2CCSN=C12. The van der Waals surface area contributed by atoms with Crippen LogP contribution in [0.15, 0.2) is 28.7 Å². The van der Waals surface area contributed by atoms with Crippen LogP contribution < -0.4 is 4.90 Å². The van der Waals surface area contributed by atoms with Gasteiger partial charge in [0.2, 0.25) is 0 Å². The maximum Gasteiger partial charge on any atom is 0.120 e. The van der Waals surface area contributed by atoms with Crippen LogP contribution in [0.25, 0.3) is 0 Å². The van der Waals surface area contributed by atoms with E-state index in [1.807, 2.05) is 0 Å². The number of piperidine rings is 1. The summed E-state index contributed by atoms with van der Waals surface area (Å²) in [7, 11) is 0. The van der Waals surface area contributed by atoms with Crippen LogP contribution >= 0.6 is 11.9 Å². The largest absolute Gasteiger partial charge is 0.378 e. The molecule has 0 N–H and O–H groups in total. The van der Waals surface area contributed by atoms with Crippen LogP contribution in [0.5, 0.6) is 0 Å². The minimum Gasteiger partial charge on any atom is -0.378 e. The van der Waals surface area contributed by atoms with Crippen LogP contribution in [-0.2, 0) is 4.74 Å². The number of rotatable bonds is 2. The molecular weight excluding hydrogens is 294 g/mol. The van der Waals surface area contributed by atoms with Crippen molar-refractivity contribution in [2.45, 2.75) is 18.8 Å². The summed E-state index contributed by atoms with van der Waals surface area (Å²) in [5, 5.41) is 0. The Hall–Kier alpha value is -1.20. The second-order valence-electron chi connectivity index (χ2n) is 6.16. The summed E-state index contributed by atoms with van der Waals surface area (Å²) in [4.78, 5) is 4.90. The van der Waals surface area contributed by atoms with Gasteiger partial charge in [0.25, 0.3) is 0 Å². The molecule has 1 aromatic carbocycles. The number of morpholine rings is 1. The van der Waals surface area contributed by atoms with Gasteiger partial charge >= 0.3 is 0 Å². The first-order valence-electron chi connectivity index (χ1n) is 8.29. The van der Waals surface area contributed by atoms with Crippen LogP contribution in [0.1, 0.15) is 24.3 Å². The molecule has 4 nitrogen and oxygen atoms in total. The van der Waals surface area contributed by atoms with E-state index in [-0.39, 0.29) is 0 Å². The van der Waals surface area contributed by atoms with Gasteiger partial charge in [-0.2, -0.15) is 0 Å². The van der Waals surface area contributed by atoms with Gasteiger partial charge in [-0.3, -0.25) is 0 Å². The maximum atomic E-state index is 5.43. The van der Waals surface area contributed by atoms with Gasteiger partial charge in [0.1, 0.15) is 5.84 Å². The van der Waals surface area contributed by atoms with E-state index in [4.69, 9.17) is 9.13 Å². The van der Waals surface area contributed by atoms with Gasteiger partial charge in [0.05, 0.1) is 13.2 Å². The maximum absolute atomic E-state index is 5.43. The Morgan fingerprint density at radius 1 is 1.00 bits per heavy atom. The molecule has 0 bridgehead atoms. The third kappa shape index (κ3) is 2.84.